The van der Waals surface area contributed by atoms with Crippen molar-refractivity contribution in [3.63, 3.8) is 0 Å². The first kappa shape index (κ1) is 12.3. The summed E-state index contributed by atoms with van der Waals surface area (Å²) in [6.07, 6.45) is 4.50. The van der Waals surface area contributed by atoms with Gasteiger partial charge in [0.1, 0.15) is 11.6 Å². The molecule has 0 bridgehead atoms. The molecule has 0 radical (unpaired) electrons. The molecular formula is C15H19FO. The Bertz CT molecular complexity index is 414. The van der Waals surface area contributed by atoms with Crippen LogP contribution in [0, 0.1) is 19.7 Å². The number of carbonyl (C=O) groups is 1. The molecule has 1 nitrogen and oxygen atoms in total. The molecule has 1 aromatic carbocycles. The van der Waals surface area contributed by atoms with Gasteiger partial charge in [-0.3, -0.25) is 4.79 Å². The zero-order valence-electron chi connectivity index (χ0n) is 10.6. The number of benzene rings is 1. The highest BCUT2D eigenvalue weighted by molar-refractivity contribution is 5.86. The van der Waals surface area contributed by atoms with E-state index in [1.807, 2.05) is 19.9 Å². The fourth-order valence-electron chi connectivity index (χ4n) is 2.83. The van der Waals surface area contributed by atoms with Crippen LogP contribution >= 0.6 is 0 Å². The third kappa shape index (κ3) is 2.56. The Morgan fingerprint density at radius 2 is 1.94 bits per heavy atom. The first-order chi connectivity index (χ1) is 8.09. The summed E-state index contributed by atoms with van der Waals surface area (Å²) < 4.78 is 14.0. The van der Waals surface area contributed by atoms with E-state index in [1.165, 1.54) is 0 Å². The van der Waals surface area contributed by atoms with Crippen molar-refractivity contribution in [2.24, 2.45) is 0 Å². The highest BCUT2D eigenvalue weighted by Gasteiger charge is 2.26. The third-order valence-corrected chi connectivity index (χ3v) is 3.63. The van der Waals surface area contributed by atoms with Gasteiger partial charge in [0.05, 0.1) is 0 Å². The summed E-state index contributed by atoms with van der Waals surface area (Å²) in [6.45, 7) is 3.79. The molecule has 2 heteroatoms. The van der Waals surface area contributed by atoms with Crippen LogP contribution in [0.3, 0.4) is 0 Å². The van der Waals surface area contributed by atoms with E-state index in [-0.39, 0.29) is 17.5 Å². The quantitative estimate of drug-likeness (QED) is 0.670. The second-order valence-corrected chi connectivity index (χ2v) is 5.10. The zero-order chi connectivity index (χ0) is 12.4. The molecule has 0 aliphatic heterocycles. The van der Waals surface area contributed by atoms with Crippen LogP contribution in [-0.4, -0.2) is 5.78 Å². The van der Waals surface area contributed by atoms with Crippen molar-refractivity contribution >= 4 is 5.78 Å². The monoisotopic (exact) mass is 234 g/mol. The van der Waals surface area contributed by atoms with E-state index in [2.05, 4.69) is 0 Å². The fourth-order valence-corrected chi connectivity index (χ4v) is 2.83. The Kier molecular flexibility index (Phi) is 3.60. The average molecular weight is 234 g/mol. The maximum Gasteiger partial charge on any atom is 0.140 e. The number of halogens is 1. The van der Waals surface area contributed by atoms with Crippen molar-refractivity contribution in [3.05, 3.63) is 34.6 Å². The Morgan fingerprint density at radius 1 is 1.18 bits per heavy atom. The summed E-state index contributed by atoms with van der Waals surface area (Å²) in [6, 6.07) is 3.51. The van der Waals surface area contributed by atoms with Crippen LogP contribution < -0.4 is 0 Å². The molecule has 0 amide bonds. The largest absolute Gasteiger partial charge is 0.299 e. The molecule has 1 saturated carbocycles. The number of Topliss-reactive ketones (excluding diaryl/α,β-unsaturated/α-hetero) is 1. The number of rotatable bonds is 1. The van der Waals surface area contributed by atoms with Crippen molar-refractivity contribution in [1.82, 2.24) is 0 Å². The van der Waals surface area contributed by atoms with Gasteiger partial charge >= 0.3 is 0 Å². The molecular weight excluding hydrogens is 215 g/mol. The maximum absolute atomic E-state index is 14.0. The standard InChI is InChI=1S/C15H19FO/c1-10-8-11(2)15(13(16)9-10)12-6-4-3-5-7-14(12)17/h8-9,12H,3-7H2,1-2H3. The van der Waals surface area contributed by atoms with Crippen molar-refractivity contribution in [2.75, 3.05) is 0 Å². The normalized spacial score (nSPS) is 21.4. The van der Waals surface area contributed by atoms with Gasteiger partial charge in [-0.25, -0.2) is 4.39 Å². The number of ketones is 1. The molecule has 2 rings (SSSR count). The van der Waals surface area contributed by atoms with Crippen LogP contribution in [0.2, 0.25) is 0 Å². The van der Waals surface area contributed by atoms with Crippen molar-refractivity contribution < 1.29 is 9.18 Å². The van der Waals surface area contributed by atoms with Crippen molar-refractivity contribution in [3.8, 4) is 0 Å². The van der Waals surface area contributed by atoms with E-state index < -0.39 is 0 Å². The van der Waals surface area contributed by atoms with Gasteiger partial charge in [-0.1, -0.05) is 18.9 Å². The van der Waals surface area contributed by atoms with Crippen LogP contribution in [-0.2, 0) is 4.79 Å². The lowest BCUT2D eigenvalue weighted by molar-refractivity contribution is -0.120. The zero-order valence-corrected chi connectivity index (χ0v) is 10.6. The summed E-state index contributed by atoms with van der Waals surface area (Å²) in [7, 11) is 0. The minimum Gasteiger partial charge on any atom is -0.299 e. The summed E-state index contributed by atoms with van der Waals surface area (Å²) in [4.78, 5) is 12.0. The van der Waals surface area contributed by atoms with Gasteiger partial charge < -0.3 is 0 Å². The van der Waals surface area contributed by atoms with Crippen molar-refractivity contribution in [1.29, 1.82) is 0 Å². The van der Waals surface area contributed by atoms with Gasteiger partial charge in [0.25, 0.3) is 0 Å². The van der Waals surface area contributed by atoms with Crippen LogP contribution in [0.15, 0.2) is 12.1 Å². The van der Waals surface area contributed by atoms with Crippen LogP contribution in [0.5, 0.6) is 0 Å². The van der Waals surface area contributed by atoms with E-state index in [0.29, 0.717) is 12.0 Å². The summed E-state index contributed by atoms with van der Waals surface area (Å²) >= 11 is 0. The number of carbonyl (C=O) groups excluding carboxylic acids is 1. The average Bonchev–Trinajstić information content (AvgIpc) is 2.43. The van der Waals surface area contributed by atoms with Crippen LogP contribution in [0.1, 0.15) is 54.7 Å². The van der Waals surface area contributed by atoms with E-state index in [4.69, 9.17) is 0 Å². The Hall–Kier alpha value is -1.18. The second-order valence-electron chi connectivity index (χ2n) is 5.10. The maximum atomic E-state index is 14.0. The third-order valence-electron chi connectivity index (χ3n) is 3.63. The van der Waals surface area contributed by atoms with Gasteiger partial charge in [-0.05, 0) is 43.9 Å². The topological polar surface area (TPSA) is 17.1 Å². The minimum absolute atomic E-state index is 0.206. The molecule has 0 spiro atoms. The van der Waals surface area contributed by atoms with Crippen molar-refractivity contribution in [2.45, 2.75) is 51.9 Å². The summed E-state index contributed by atoms with van der Waals surface area (Å²) in [5.41, 5.74) is 2.48. The molecule has 0 N–H and O–H groups in total. The molecule has 1 aromatic rings. The van der Waals surface area contributed by atoms with E-state index in [1.54, 1.807) is 6.07 Å². The summed E-state index contributed by atoms with van der Waals surface area (Å²) in [5, 5.41) is 0. The first-order valence-corrected chi connectivity index (χ1v) is 6.39. The highest BCUT2D eigenvalue weighted by Crippen LogP contribution is 2.33. The summed E-state index contributed by atoms with van der Waals surface area (Å²) in [5.74, 6) is -0.200. The van der Waals surface area contributed by atoms with Gasteiger partial charge in [0, 0.05) is 17.9 Å². The molecule has 0 aromatic heterocycles. The molecule has 1 aliphatic rings. The molecule has 0 saturated heterocycles. The minimum atomic E-state index is -0.210. The number of hydrogen-bond donors (Lipinski definition) is 0. The van der Waals surface area contributed by atoms with Gasteiger partial charge in [-0.2, -0.15) is 0 Å². The first-order valence-electron chi connectivity index (χ1n) is 6.39. The number of aryl methyl sites for hydroxylation is 2. The predicted molar refractivity (Wildman–Crippen MR) is 66.7 cm³/mol. The second kappa shape index (κ2) is 4.99. The molecule has 17 heavy (non-hydrogen) atoms. The lowest BCUT2D eigenvalue weighted by Crippen LogP contribution is -2.14. The van der Waals surface area contributed by atoms with E-state index in [9.17, 15) is 9.18 Å². The van der Waals surface area contributed by atoms with Gasteiger partial charge in [0.15, 0.2) is 0 Å². The smallest absolute Gasteiger partial charge is 0.140 e. The lowest BCUT2D eigenvalue weighted by atomic mass is 9.87. The molecule has 1 aliphatic carbocycles. The van der Waals surface area contributed by atoms with Crippen LogP contribution in [0.25, 0.3) is 0 Å². The van der Waals surface area contributed by atoms with Gasteiger partial charge in [0.2, 0.25) is 0 Å². The Balaban J connectivity index is 2.41. The molecule has 1 atom stereocenters. The molecule has 0 heterocycles. The lowest BCUT2D eigenvalue weighted by Gasteiger charge is -2.17. The van der Waals surface area contributed by atoms with E-state index in [0.717, 1.165) is 36.8 Å². The number of hydrogen-bond acceptors (Lipinski definition) is 1. The fraction of sp³-hybridized carbons (Fsp3) is 0.533. The molecule has 1 unspecified atom stereocenters. The highest BCUT2D eigenvalue weighted by atomic mass is 19.1. The SMILES string of the molecule is Cc1cc(C)c(C2CCCCCC2=O)c(F)c1. The van der Waals surface area contributed by atoms with Gasteiger partial charge in [-0.15, -0.1) is 0 Å². The molecule has 1 fully saturated rings. The van der Waals surface area contributed by atoms with Crippen LogP contribution in [0.4, 0.5) is 4.39 Å². The van der Waals surface area contributed by atoms with E-state index >= 15 is 0 Å². The molecule has 92 valence electrons. The Labute approximate surface area is 102 Å². The Morgan fingerprint density at radius 3 is 2.65 bits per heavy atom. The predicted octanol–water partition coefficient (Wildman–Crippen LogP) is 4.06.